The minimum atomic E-state index is -3.58. The van der Waals surface area contributed by atoms with E-state index < -0.39 is 31.3 Å². The number of imidazole rings is 1. The van der Waals surface area contributed by atoms with E-state index in [1.54, 1.807) is 4.90 Å². The van der Waals surface area contributed by atoms with Crippen LogP contribution in [0.1, 0.15) is 27.0 Å². The van der Waals surface area contributed by atoms with Gasteiger partial charge in [-0.1, -0.05) is 11.8 Å². The van der Waals surface area contributed by atoms with Crippen molar-refractivity contribution < 1.29 is 28.7 Å². The van der Waals surface area contributed by atoms with Gasteiger partial charge in [0.05, 0.1) is 32.6 Å². The Labute approximate surface area is 174 Å². The van der Waals surface area contributed by atoms with Gasteiger partial charge >= 0.3 is 0 Å². The maximum atomic E-state index is 11.7. The van der Waals surface area contributed by atoms with E-state index in [0.717, 1.165) is 0 Å². The SMILES string of the molecule is CC[NH+](CC)CC.Nc1ncnc2c1ncn2[C@@H]1O[C@@H]2COP([O-])(=S)O[C@@H]2C1O. The van der Waals surface area contributed by atoms with Crippen LogP contribution in [0.4, 0.5) is 5.82 Å². The number of quaternary nitrogens is 1. The first kappa shape index (κ1) is 22.4. The molecule has 0 bridgehead atoms. The predicted molar refractivity (Wildman–Crippen MR) is 107 cm³/mol. The van der Waals surface area contributed by atoms with Crippen molar-refractivity contribution in [3.05, 3.63) is 12.7 Å². The first-order chi connectivity index (χ1) is 13.8. The van der Waals surface area contributed by atoms with Gasteiger partial charge in [-0.05, 0) is 20.8 Å². The van der Waals surface area contributed by atoms with Crippen LogP contribution in [-0.2, 0) is 25.6 Å². The Morgan fingerprint density at radius 2 is 2.00 bits per heavy atom. The number of hydrogen-bond acceptors (Lipinski definition) is 10. The number of nitrogen functional groups attached to an aromatic ring is 1. The van der Waals surface area contributed by atoms with Gasteiger partial charge in [0.2, 0.25) is 0 Å². The summed E-state index contributed by atoms with van der Waals surface area (Å²) in [5.41, 5.74) is 6.55. The molecule has 2 aromatic heterocycles. The molecule has 0 aromatic carbocycles. The van der Waals surface area contributed by atoms with E-state index in [1.807, 2.05) is 0 Å². The van der Waals surface area contributed by atoms with Crippen molar-refractivity contribution in [2.45, 2.75) is 45.3 Å². The lowest BCUT2D eigenvalue weighted by Crippen LogP contribution is -3.11. The average molecular weight is 446 g/mol. The summed E-state index contributed by atoms with van der Waals surface area (Å²) in [6, 6.07) is 0. The number of aliphatic hydroxyl groups excluding tert-OH is 1. The number of nitrogens with one attached hydrogen (secondary N) is 1. The van der Waals surface area contributed by atoms with Crippen LogP contribution >= 0.6 is 6.72 Å². The summed E-state index contributed by atoms with van der Waals surface area (Å²) in [7, 11) is 0. The number of rotatable bonds is 4. The molecule has 0 aliphatic carbocycles. The summed E-state index contributed by atoms with van der Waals surface area (Å²) in [4.78, 5) is 25.5. The lowest BCUT2D eigenvalue weighted by molar-refractivity contribution is -0.894. The monoisotopic (exact) mass is 446 g/mol. The summed E-state index contributed by atoms with van der Waals surface area (Å²) in [5.74, 6) is 0.225. The predicted octanol–water partition coefficient (Wildman–Crippen LogP) is -1.40. The molecule has 0 radical (unpaired) electrons. The summed E-state index contributed by atoms with van der Waals surface area (Å²) in [6.45, 7) is 6.89. The topological polar surface area (TPSA) is 145 Å². The summed E-state index contributed by atoms with van der Waals surface area (Å²) < 4.78 is 17.3. The highest BCUT2D eigenvalue weighted by Crippen LogP contribution is 2.49. The highest BCUT2D eigenvalue weighted by Gasteiger charge is 2.49. The summed E-state index contributed by atoms with van der Waals surface area (Å²) in [5, 5.41) is 10.4. The third-order valence-electron chi connectivity index (χ3n) is 5.12. The Hall–Kier alpha value is -1.24. The smallest absolute Gasteiger partial charge is 0.167 e. The quantitative estimate of drug-likeness (QED) is 0.479. The molecule has 2 aliphatic rings. The number of fused-ring (bicyclic) bond motifs is 2. The minimum absolute atomic E-state index is 0.0112. The van der Waals surface area contributed by atoms with Gasteiger partial charge in [-0.3, -0.25) is 4.57 Å². The van der Waals surface area contributed by atoms with Crippen molar-refractivity contribution in [1.82, 2.24) is 19.5 Å². The fraction of sp³-hybridized carbons (Fsp3) is 0.688. The fourth-order valence-corrected chi connectivity index (χ4v) is 4.79. The molecule has 29 heavy (non-hydrogen) atoms. The molecule has 4 rings (SSSR count). The van der Waals surface area contributed by atoms with Crippen molar-refractivity contribution in [3.63, 3.8) is 0 Å². The van der Waals surface area contributed by atoms with Crippen LogP contribution in [0.2, 0.25) is 0 Å². The van der Waals surface area contributed by atoms with Crippen LogP contribution in [0.15, 0.2) is 12.7 Å². The van der Waals surface area contributed by atoms with E-state index in [-0.39, 0.29) is 12.4 Å². The Bertz CT molecular complexity index is 875. The van der Waals surface area contributed by atoms with Crippen molar-refractivity contribution in [1.29, 1.82) is 0 Å². The fourth-order valence-electron chi connectivity index (χ4n) is 3.36. The van der Waals surface area contributed by atoms with Gasteiger partial charge in [-0.15, -0.1) is 0 Å². The molecule has 13 heteroatoms. The molecule has 11 nitrogen and oxygen atoms in total. The number of nitrogens with zero attached hydrogens (tertiary/aromatic N) is 4. The van der Waals surface area contributed by atoms with E-state index in [0.29, 0.717) is 11.2 Å². The first-order valence-corrected chi connectivity index (χ1v) is 12.1. The van der Waals surface area contributed by atoms with Crippen LogP contribution < -0.4 is 15.5 Å². The van der Waals surface area contributed by atoms with Gasteiger partial charge in [0, 0.05) is 0 Å². The third-order valence-corrected chi connectivity index (χ3v) is 6.66. The highest BCUT2D eigenvalue weighted by atomic mass is 32.5. The normalized spacial score (nSPS) is 31.5. The van der Waals surface area contributed by atoms with Crippen LogP contribution in [0.5, 0.6) is 0 Å². The number of ether oxygens (including phenoxy) is 1. The van der Waals surface area contributed by atoms with E-state index in [2.05, 4.69) is 35.7 Å². The molecule has 0 saturated carbocycles. The van der Waals surface area contributed by atoms with Gasteiger partial charge in [0.1, 0.15) is 36.9 Å². The van der Waals surface area contributed by atoms with E-state index >= 15 is 0 Å². The molecule has 2 saturated heterocycles. The molecule has 0 spiro atoms. The molecule has 2 aromatic rings. The zero-order chi connectivity index (χ0) is 21.2. The van der Waals surface area contributed by atoms with Crippen LogP contribution in [0.3, 0.4) is 0 Å². The number of aromatic nitrogens is 4. The van der Waals surface area contributed by atoms with Crippen LogP contribution in [0, 0.1) is 0 Å². The van der Waals surface area contributed by atoms with E-state index in [4.69, 9.17) is 31.3 Å². The van der Waals surface area contributed by atoms with Crippen molar-refractivity contribution in [2.24, 2.45) is 0 Å². The third kappa shape index (κ3) is 4.75. The molecule has 162 valence electrons. The minimum Gasteiger partial charge on any atom is -0.780 e. The van der Waals surface area contributed by atoms with Crippen LogP contribution in [-0.4, -0.2) is 69.2 Å². The zero-order valence-corrected chi connectivity index (χ0v) is 18.3. The summed E-state index contributed by atoms with van der Waals surface area (Å²) in [6.07, 6.45) is -0.610. The second-order valence-corrected chi connectivity index (χ2v) is 9.47. The second-order valence-electron chi connectivity index (χ2n) is 6.76. The first-order valence-electron chi connectivity index (χ1n) is 9.55. The maximum absolute atomic E-state index is 11.7. The Morgan fingerprint density at radius 1 is 1.31 bits per heavy atom. The number of anilines is 1. The van der Waals surface area contributed by atoms with Gasteiger partial charge in [-0.2, -0.15) is 0 Å². The molecule has 4 heterocycles. The molecule has 2 aliphatic heterocycles. The van der Waals surface area contributed by atoms with Gasteiger partial charge in [-0.25, -0.2) is 15.0 Å². The van der Waals surface area contributed by atoms with Crippen molar-refractivity contribution in [3.8, 4) is 0 Å². The molecule has 2 fully saturated rings. The Balaban J connectivity index is 0.000000298. The average Bonchev–Trinajstić information content (AvgIpc) is 3.25. The second kappa shape index (κ2) is 9.27. The molecular formula is C16H27N6O5PS. The van der Waals surface area contributed by atoms with Gasteiger partial charge < -0.3 is 34.4 Å². The standard InChI is InChI=1S/C10H12N5O5PS.C6H15N/c11-8-5-9(13-2-12-8)15(3-14-5)10-6(16)7-4(19-10)1-18-21(17,22)20-7;1-4-7(5-2)6-3/h2-4,6-7,10,16H,1H2,(H,17,22)(H2,11,12,13);4-6H2,1-3H3/t4-,6?,7+,10-,21?;/m1./s1. The van der Waals surface area contributed by atoms with Crippen molar-refractivity contribution >= 4 is 35.5 Å². The Kier molecular flexibility index (Phi) is 7.18. The zero-order valence-electron chi connectivity index (χ0n) is 16.6. The summed E-state index contributed by atoms with van der Waals surface area (Å²) >= 11 is 4.69. The van der Waals surface area contributed by atoms with Crippen molar-refractivity contribution in [2.75, 3.05) is 32.0 Å². The largest absolute Gasteiger partial charge is 0.780 e. The van der Waals surface area contributed by atoms with Gasteiger partial charge in [0.15, 0.2) is 17.7 Å². The molecule has 0 amide bonds. The number of aliphatic hydroxyl groups is 1. The van der Waals surface area contributed by atoms with E-state index in [9.17, 15) is 10.00 Å². The van der Waals surface area contributed by atoms with E-state index in [1.165, 1.54) is 36.9 Å². The van der Waals surface area contributed by atoms with Crippen LogP contribution in [0.25, 0.3) is 11.2 Å². The lowest BCUT2D eigenvalue weighted by atomic mass is 10.1. The number of nitrogens with two attached hydrogens (primary N) is 1. The molecular weight excluding hydrogens is 419 g/mol. The molecule has 2 unspecified atom stereocenters. The molecule has 5 atom stereocenters. The Morgan fingerprint density at radius 3 is 2.62 bits per heavy atom. The number of hydrogen-bond donors (Lipinski definition) is 3. The lowest BCUT2D eigenvalue weighted by Gasteiger charge is -2.38. The maximum Gasteiger partial charge on any atom is 0.167 e. The molecule has 4 N–H and O–H groups in total. The highest BCUT2D eigenvalue weighted by molar-refractivity contribution is 8.06. The van der Waals surface area contributed by atoms with Gasteiger partial charge in [0.25, 0.3) is 0 Å².